The molecule has 1 aliphatic rings. The van der Waals surface area contributed by atoms with Gasteiger partial charge in [0.1, 0.15) is 0 Å². The molecule has 0 spiro atoms. The van der Waals surface area contributed by atoms with Gasteiger partial charge in [0.25, 0.3) is 0 Å². The van der Waals surface area contributed by atoms with Gasteiger partial charge >= 0.3 is 0 Å². The maximum Gasteiger partial charge on any atom is 0.158 e. The van der Waals surface area contributed by atoms with Crippen molar-refractivity contribution < 1.29 is 9.90 Å². The summed E-state index contributed by atoms with van der Waals surface area (Å²) < 4.78 is 0. The van der Waals surface area contributed by atoms with Gasteiger partial charge in [-0.25, -0.2) is 0 Å². The predicted molar refractivity (Wildman–Crippen MR) is 47.8 cm³/mol. The largest absolute Gasteiger partial charge is 0.392 e. The van der Waals surface area contributed by atoms with Crippen LogP contribution in [0.3, 0.4) is 0 Å². The summed E-state index contributed by atoms with van der Waals surface area (Å²) in [6.45, 7) is 5.98. The van der Waals surface area contributed by atoms with E-state index in [0.717, 1.165) is 12.0 Å². The first-order valence-corrected chi connectivity index (χ1v) is 4.40. The molecule has 0 saturated carbocycles. The summed E-state index contributed by atoms with van der Waals surface area (Å²) in [5, 5.41) is 9.65. The topological polar surface area (TPSA) is 37.3 Å². The number of ketones is 1. The molecule has 68 valence electrons. The molecule has 1 N–H and O–H groups in total. The number of carbonyl (C=O) groups excluding carboxylic acids is 1. The minimum Gasteiger partial charge on any atom is -0.392 e. The van der Waals surface area contributed by atoms with Crippen LogP contribution in [0, 0.1) is 5.41 Å². The lowest BCUT2D eigenvalue weighted by Crippen LogP contribution is -2.36. The molecular weight excluding hydrogens is 152 g/mol. The molecule has 0 unspecified atom stereocenters. The molecule has 0 saturated heterocycles. The molecule has 1 aliphatic carbocycles. The Bertz CT molecular complexity index is 226. The van der Waals surface area contributed by atoms with E-state index in [1.54, 1.807) is 6.08 Å². The van der Waals surface area contributed by atoms with E-state index in [-0.39, 0.29) is 17.6 Å². The fraction of sp³-hybridized carbons (Fsp3) is 0.700. The van der Waals surface area contributed by atoms with Crippen LogP contribution in [0.5, 0.6) is 0 Å². The predicted octanol–water partition coefficient (Wildman–Crippen LogP) is 1.68. The van der Waals surface area contributed by atoms with Crippen LogP contribution in [0.2, 0.25) is 0 Å². The van der Waals surface area contributed by atoms with Crippen molar-refractivity contribution in [3.63, 3.8) is 0 Å². The number of rotatable bonds is 1. The molecule has 1 rings (SSSR count). The van der Waals surface area contributed by atoms with Gasteiger partial charge in [0.2, 0.25) is 0 Å². The van der Waals surface area contributed by atoms with Crippen molar-refractivity contribution in [2.24, 2.45) is 5.41 Å². The van der Waals surface area contributed by atoms with Gasteiger partial charge in [-0.15, -0.1) is 0 Å². The normalized spacial score (nSPS) is 28.5. The van der Waals surface area contributed by atoms with Crippen LogP contribution in [0.25, 0.3) is 0 Å². The fourth-order valence-corrected chi connectivity index (χ4v) is 1.66. The Morgan fingerprint density at radius 2 is 2.25 bits per heavy atom. The van der Waals surface area contributed by atoms with Crippen LogP contribution in [0.1, 0.15) is 33.6 Å². The average Bonchev–Trinajstić information content (AvgIpc) is 1.97. The molecule has 0 aromatic heterocycles. The SMILES string of the molecule is CCC1=CC(=O)C[C@H](O)C1(C)C. The van der Waals surface area contributed by atoms with Gasteiger partial charge in [-0.3, -0.25) is 4.79 Å². The molecule has 0 heterocycles. The summed E-state index contributed by atoms with van der Waals surface area (Å²) in [6, 6.07) is 0. The second-order valence-corrected chi connectivity index (χ2v) is 3.93. The van der Waals surface area contributed by atoms with Gasteiger partial charge in [-0.05, 0) is 12.5 Å². The summed E-state index contributed by atoms with van der Waals surface area (Å²) in [5.74, 6) is 0.0543. The third-order valence-electron chi connectivity index (χ3n) is 2.77. The monoisotopic (exact) mass is 168 g/mol. The standard InChI is InChI=1S/C10H16O2/c1-4-7-5-8(11)6-9(12)10(7,2)3/h5,9,12H,4,6H2,1-3H3/t9-/m0/s1. The second kappa shape index (κ2) is 3.02. The second-order valence-electron chi connectivity index (χ2n) is 3.93. The van der Waals surface area contributed by atoms with Gasteiger partial charge in [0.05, 0.1) is 6.10 Å². The van der Waals surface area contributed by atoms with Gasteiger partial charge in [0, 0.05) is 11.8 Å². The average molecular weight is 168 g/mol. The maximum absolute atomic E-state index is 11.1. The number of carbonyl (C=O) groups is 1. The van der Waals surface area contributed by atoms with Gasteiger partial charge < -0.3 is 5.11 Å². The zero-order chi connectivity index (χ0) is 9.35. The Labute approximate surface area is 73.3 Å². The van der Waals surface area contributed by atoms with Crippen LogP contribution in [0.4, 0.5) is 0 Å². The van der Waals surface area contributed by atoms with Crippen molar-refractivity contribution in [2.75, 3.05) is 0 Å². The lowest BCUT2D eigenvalue weighted by atomic mass is 9.72. The number of hydrogen-bond acceptors (Lipinski definition) is 2. The third kappa shape index (κ3) is 1.44. The Kier molecular flexibility index (Phi) is 2.38. The first-order valence-electron chi connectivity index (χ1n) is 4.40. The van der Waals surface area contributed by atoms with Crippen molar-refractivity contribution >= 4 is 5.78 Å². The van der Waals surface area contributed by atoms with Crippen LogP contribution in [-0.4, -0.2) is 17.0 Å². The quantitative estimate of drug-likeness (QED) is 0.646. The van der Waals surface area contributed by atoms with Gasteiger partial charge in [0.15, 0.2) is 5.78 Å². The summed E-state index contributed by atoms with van der Waals surface area (Å²) in [6.07, 6.45) is 2.30. The lowest BCUT2D eigenvalue weighted by Gasteiger charge is -2.35. The number of allylic oxidation sites excluding steroid dienone is 1. The van der Waals surface area contributed by atoms with E-state index < -0.39 is 6.10 Å². The minimum absolute atomic E-state index is 0.0543. The molecule has 0 fully saturated rings. The van der Waals surface area contributed by atoms with Gasteiger partial charge in [-0.2, -0.15) is 0 Å². The highest BCUT2D eigenvalue weighted by atomic mass is 16.3. The van der Waals surface area contributed by atoms with E-state index >= 15 is 0 Å². The molecule has 2 nitrogen and oxygen atoms in total. The van der Waals surface area contributed by atoms with E-state index in [1.165, 1.54) is 0 Å². The Morgan fingerprint density at radius 1 is 1.67 bits per heavy atom. The zero-order valence-electron chi connectivity index (χ0n) is 7.92. The Morgan fingerprint density at radius 3 is 2.75 bits per heavy atom. The van der Waals surface area contributed by atoms with E-state index in [0.29, 0.717) is 0 Å². The van der Waals surface area contributed by atoms with Crippen LogP contribution >= 0.6 is 0 Å². The number of hydrogen-bond donors (Lipinski definition) is 1. The number of aliphatic hydroxyl groups excluding tert-OH is 1. The molecule has 0 aromatic rings. The lowest BCUT2D eigenvalue weighted by molar-refractivity contribution is -0.119. The smallest absolute Gasteiger partial charge is 0.158 e. The van der Waals surface area contributed by atoms with E-state index in [9.17, 15) is 9.90 Å². The van der Waals surface area contributed by atoms with E-state index in [4.69, 9.17) is 0 Å². The maximum atomic E-state index is 11.1. The van der Waals surface area contributed by atoms with Crippen molar-refractivity contribution in [1.82, 2.24) is 0 Å². The van der Waals surface area contributed by atoms with Crippen LogP contribution < -0.4 is 0 Å². The molecule has 1 atom stereocenters. The Balaban J connectivity index is 3.00. The highest BCUT2D eigenvalue weighted by Gasteiger charge is 2.35. The number of aliphatic hydroxyl groups is 1. The van der Waals surface area contributed by atoms with Crippen LogP contribution in [-0.2, 0) is 4.79 Å². The van der Waals surface area contributed by atoms with E-state index in [2.05, 4.69) is 0 Å². The molecule has 0 aliphatic heterocycles. The highest BCUT2D eigenvalue weighted by molar-refractivity contribution is 5.92. The van der Waals surface area contributed by atoms with Crippen molar-refractivity contribution in [3.8, 4) is 0 Å². The summed E-state index contributed by atoms with van der Waals surface area (Å²) in [4.78, 5) is 11.1. The van der Waals surface area contributed by atoms with Crippen LogP contribution in [0.15, 0.2) is 11.6 Å². The first kappa shape index (κ1) is 9.46. The molecule has 0 aromatic carbocycles. The Hall–Kier alpha value is -0.630. The minimum atomic E-state index is -0.509. The first-order chi connectivity index (χ1) is 5.48. The molecule has 12 heavy (non-hydrogen) atoms. The molecule has 0 bridgehead atoms. The molecule has 0 amide bonds. The fourth-order valence-electron chi connectivity index (χ4n) is 1.66. The highest BCUT2D eigenvalue weighted by Crippen LogP contribution is 2.37. The zero-order valence-corrected chi connectivity index (χ0v) is 7.92. The third-order valence-corrected chi connectivity index (χ3v) is 2.77. The van der Waals surface area contributed by atoms with Crippen molar-refractivity contribution in [2.45, 2.75) is 39.7 Å². The summed E-state index contributed by atoms with van der Waals surface area (Å²) >= 11 is 0. The molecule has 2 heteroatoms. The summed E-state index contributed by atoms with van der Waals surface area (Å²) in [7, 11) is 0. The van der Waals surface area contributed by atoms with Crippen molar-refractivity contribution in [3.05, 3.63) is 11.6 Å². The molecule has 0 radical (unpaired) electrons. The molecular formula is C10H16O2. The van der Waals surface area contributed by atoms with E-state index in [1.807, 2.05) is 20.8 Å². The van der Waals surface area contributed by atoms with Gasteiger partial charge in [-0.1, -0.05) is 26.3 Å². The van der Waals surface area contributed by atoms with Crippen molar-refractivity contribution in [1.29, 1.82) is 0 Å². The summed E-state index contributed by atoms with van der Waals surface area (Å²) in [5.41, 5.74) is 0.842.